The van der Waals surface area contributed by atoms with E-state index in [4.69, 9.17) is 0 Å². The molecule has 0 spiro atoms. The minimum atomic E-state index is -0.494. The van der Waals surface area contributed by atoms with E-state index in [1.165, 1.54) is 28.9 Å². The van der Waals surface area contributed by atoms with E-state index >= 15 is 0 Å². The Balaban J connectivity index is 1.63. The molecule has 8 heteroatoms. The highest BCUT2D eigenvalue weighted by atomic mass is 16.6. The molecule has 1 heterocycles. The zero-order valence-corrected chi connectivity index (χ0v) is 12.5. The van der Waals surface area contributed by atoms with Gasteiger partial charge in [0.15, 0.2) is 0 Å². The Morgan fingerprint density at radius 1 is 1.12 bits per heavy atom. The summed E-state index contributed by atoms with van der Waals surface area (Å²) in [6.07, 6.45) is 1.69. The van der Waals surface area contributed by atoms with Crippen molar-refractivity contribution < 1.29 is 9.72 Å². The maximum atomic E-state index is 12.0. The molecule has 0 fully saturated rings. The Labute approximate surface area is 136 Å². The molecule has 0 saturated heterocycles. The maximum absolute atomic E-state index is 12.0. The molecule has 2 aromatic carbocycles. The van der Waals surface area contributed by atoms with Crippen molar-refractivity contribution in [3.63, 3.8) is 0 Å². The summed E-state index contributed by atoms with van der Waals surface area (Å²) < 4.78 is 1.43. The van der Waals surface area contributed by atoms with Gasteiger partial charge in [-0.05, 0) is 12.1 Å². The molecule has 24 heavy (non-hydrogen) atoms. The number of amides is 1. The number of hydrogen-bond donors (Lipinski definition) is 1. The van der Waals surface area contributed by atoms with Gasteiger partial charge in [-0.3, -0.25) is 14.9 Å². The number of rotatable bonds is 5. The van der Waals surface area contributed by atoms with Gasteiger partial charge in [-0.1, -0.05) is 35.5 Å². The van der Waals surface area contributed by atoms with Crippen LogP contribution in [0.25, 0.3) is 11.3 Å². The number of nitro groups is 1. The van der Waals surface area contributed by atoms with Gasteiger partial charge >= 0.3 is 0 Å². The molecule has 0 saturated carbocycles. The third kappa shape index (κ3) is 3.61. The van der Waals surface area contributed by atoms with Crippen LogP contribution in [-0.2, 0) is 11.3 Å². The van der Waals surface area contributed by atoms with E-state index in [0.717, 1.165) is 5.56 Å². The van der Waals surface area contributed by atoms with Crippen molar-refractivity contribution in [2.24, 2.45) is 0 Å². The fraction of sp³-hybridized carbons (Fsp3) is 0.0625. The molecule has 0 radical (unpaired) electrons. The van der Waals surface area contributed by atoms with E-state index in [-0.39, 0.29) is 18.1 Å². The lowest BCUT2D eigenvalue weighted by Gasteiger charge is -2.04. The summed E-state index contributed by atoms with van der Waals surface area (Å²) >= 11 is 0. The van der Waals surface area contributed by atoms with E-state index in [1.54, 1.807) is 6.20 Å². The summed E-state index contributed by atoms with van der Waals surface area (Å²) in [7, 11) is 0. The number of nitrogens with zero attached hydrogens (tertiary/aromatic N) is 4. The van der Waals surface area contributed by atoms with Crippen molar-refractivity contribution in [2.45, 2.75) is 6.54 Å². The molecule has 3 rings (SSSR count). The van der Waals surface area contributed by atoms with Gasteiger partial charge in [0.05, 0.1) is 11.1 Å². The quantitative estimate of drug-likeness (QED) is 0.574. The van der Waals surface area contributed by atoms with E-state index < -0.39 is 4.92 Å². The van der Waals surface area contributed by atoms with Crippen LogP contribution >= 0.6 is 0 Å². The minimum absolute atomic E-state index is 0.00315. The Bertz CT molecular complexity index is 859. The van der Waals surface area contributed by atoms with Gasteiger partial charge in [0.1, 0.15) is 12.2 Å². The van der Waals surface area contributed by atoms with Gasteiger partial charge in [-0.15, -0.1) is 5.10 Å². The topological polar surface area (TPSA) is 103 Å². The lowest BCUT2D eigenvalue weighted by Crippen LogP contribution is -2.19. The lowest BCUT2D eigenvalue weighted by atomic mass is 10.2. The average Bonchev–Trinajstić information content (AvgIpc) is 3.04. The monoisotopic (exact) mass is 323 g/mol. The van der Waals surface area contributed by atoms with E-state index in [1.807, 2.05) is 30.3 Å². The van der Waals surface area contributed by atoms with Crippen LogP contribution in [0.5, 0.6) is 0 Å². The second kappa shape index (κ2) is 6.69. The van der Waals surface area contributed by atoms with Crippen LogP contribution in [0.4, 0.5) is 11.4 Å². The fourth-order valence-electron chi connectivity index (χ4n) is 2.13. The largest absolute Gasteiger partial charge is 0.324 e. The summed E-state index contributed by atoms with van der Waals surface area (Å²) in [5.41, 5.74) is 2.05. The molecule has 0 aliphatic heterocycles. The smallest absolute Gasteiger partial charge is 0.269 e. The zero-order valence-electron chi connectivity index (χ0n) is 12.5. The highest BCUT2D eigenvalue weighted by molar-refractivity contribution is 5.90. The Kier molecular flexibility index (Phi) is 4.28. The molecule has 3 aromatic rings. The Morgan fingerprint density at radius 3 is 2.50 bits per heavy atom. The maximum Gasteiger partial charge on any atom is 0.269 e. The number of hydrogen-bond acceptors (Lipinski definition) is 5. The number of aromatic nitrogens is 3. The van der Waals surface area contributed by atoms with Crippen LogP contribution in [0.15, 0.2) is 60.8 Å². The molecule has 120 valence electrons. The molecule has 1 amide bonds. The minimum Gasteiger partial charge on any atom is -0.324 e. The molecule has 0 aliphatic carbocycles. The number of non-ortho nitro benzene ring substituents is 1. The molecule has 8 nitrogen and oxygen atoms in total. The second-order valence-corrected chi connectivity index (χ2v) is 5.02. The standard InChI is InChI=1S/C16H13N5O3/c22-16(17-13-6-8-14(9-7-13)21(23)24)11-20-10-15(18-19-20)12-4-2-1-3-5-12/h1-10H,11H2,(H,17,22). The summed E-state index contributed by atoms with van der Waals surface area (Å²) in [6.45, 7) is -0.00315. The molecular weight excluding hydrogens is 310 g/mol. The number of carbonyl (C=O) groups excluding carboxylic acids is 1. The van der Waals surface area contributed by atoms with Crippen LogP contribution in [0.3, 0.4) is 0 Å². The van der Waals surface area contributed by atoms with Gasteiger partial charge < -0.3 is 5.32 Å². The van der Waals surface area contributed by atoms with Crippen LogP contribution < -0.4 is 5.32 Å². The number of nitrogens with one attached hydrogen (secondary N) is 1. The van der Waals surface area contributed by atoms with Crippen LogP contribution in [0.2, 0.25) is 0 Å². The molecule has 0 atom stereocenters. The van der Waals surface area contributed by atoms with Crippen molar-refractivity contribution >= 4 is 17.3 Å². The third-order valence-electron chi connectivity index (χ3n) is 3.28. The SMILES string of the molecule is O=C(Cn1cc(-c2ccccc2)nn1)Nc1ccc([N+](=O)[O-])cc1. The number of anilines is 1. The molecule has 0 bridgehead atoms. The van der Waals surface area contributed by atoms with Gasteiger partial charge in [0, 0.05) is 23.4 Å². The van der Waals surface area contributed by atoms with Gasteiger partial charge in [0.2, 0.25) is 5.91 Å². The normalized spacial score (nSPS) is 10.3. The first-order valence-electron chi connectivity index (χ1n) is 7.12. The summed E-state index contributed by atoms with van der Waals surface area (Å²) in [6, 6.07) is 15.1. The second-order valence-electron chi connectivity index (χ2n) is 5.02. The Hall–Kier alpha value is -3.55. The van der Waals surface area contributed by atoms with Crippen molar-refractivity contribution in [2.75, 3.05) is 5.32 Å². The highest BCUT2D eigenvalue weighted by Crippen LogP contribution is 2.16. The molecule has 0 unspecified atom stereocenters. The van der Waals surface area contributed by atoms with E-state index in [2.05, 4.69) is 15.6 Å². The number of benzene rings is 2. The lowest BCUT2D eigenvalue weighted by molar-refractivity contribution is -0.384. The molecule has 1 N–H and O–H groups in total. The van der Waals surface area contributed by atoms with Crippen molar-refractivity contribution in [3.05, 3.63) is 70.9 Å². The van der Waals surface area contributed by atoms with Crippen molar-refractivity contribution in [1.29, 1.82) is 0 Å². The van der Waals surface area contributed by atoms with Gasteiger partial charge in [0.25, 0.3) is 5.69 Å². The summed E-state index contributed by atoms with van der Waals surface area (Å²) in [4.78, 5) is 22.1. The van der Waals surface area contributed by atoms with E-state index in [0.29, 0.717) is 11.4 Å². The number of nitro benzene ring substituents is 1. The van der Waals surface area contributed by atoms with Crippen molar-refractivity contribution in [3.8, 4) is 11.3 Å². The predicted molar refractivity (Wildman–Crippen MR) is 87.2 cm³/mol. The van der Waals surface area contributed by atoms with Gasteiger partial charge in [-0.2, -0.15) is 0 Å². The molecule has 1 aromatic heterocycles. The summed E-state index contributed by atoms with van der Waals surface area (Å²) in [5, 5.41) is 21.2. The van der Waals surface area contributed by atoms with E-state index in [9.17, 15) is 14.9 Å². The molecular formula is C16H13N5O3. The zero-order chi connectivity index (χ0) is 16.9. The predicted octanol–water partition coefficient (Wildman–Crippen LogP) is 2.49. The fourth-order valence-corrected chi connectivity index (χ4v) is 2.13. The van der Waals surface area contributed by atoms with Crippen LogP contribution in [0.1, 0.15) is 0 Å². The summed E-state index contributed by atoms with van der Waals surface area (Å²) in [5.74, 6) is -0.298. The first-order chi connectivity index (χ1) is 11.6. The van der Waals surface area contributed by atoms with Gasteiger partial charge in [-0.25, -0.2) is 4.68 Å². The highest BCUT2D eigenvalue weighted by Gasteiger charge is 2.09. The number of carbonyl (C=O) groups is 1. The first kappa shape index (κ1) is 15.3. The van der Waals surface area contributed by atoms with Crippen LogP contribution in [0, 0.1) is 10.1 Å². The first-order valence-corrected chi connectivity index (χ1v) is 7.12. The van der Waals surface area contributed by atoms with Crippen LogP contribution in [-0.4, -0.2) is 25.8 Å². The van der Waals surface area contributed by atoms with Crippen molar-refractivity contribution in [1.82, 2.24) is 15.0 Å². The average molecular weight is 323 g/mol. The Morgan fingerprint density at radius 2 is 1.83 bits per heavy atom. The third-order valence-corrected chi connectivity index (χ3v) is 3.28. The molecule has 0 aliphatic rings.